The van der Waals surface area contributed by atoms with Crippen LogP contribution in [-0.2, 0) is 16.1 Å². The molecule has 1 unspecified atom stereocenters. The normalized spacial score (nSPS) is 14.9. The maximum absolute atomic E-state index is 12.2. The van der Waals surface area contributed by atoms with Gasteiger partial charge in [-0.1, -0.05) is 12.8 Å². The number of amides is 2. The Morgan fingerprint density at radius 2 is 1.93 bits per heavy atom. The Labute approximate surface area is 170 Å². The number of nitrogens with one attached hydrogen (secondary N) is 3. The van der Waals surface area contributed by atoms with Gasteiger partial charge in [-0.2, -0.15) is 5.10 Å². The molecule has 28 heavy (non-hydrogen) atoms. The number of nitrogens with two attached hydrogens (primary N) is 1. The summed E-state index contributed by atoms with van der Waals surface area (Å²) in [4.78, 5) is 28.6. The van der Waals surface area contributed by atoms with Crippen molar-refractivity contribution in [1.82, 2.24) is 20.5 Å². The monoisotopic (exact) mass is 406 g/mol. The average molecular weight is 407 g/mol. The highest BCUT2D eigenvalue weighted by Crippen LogP contribution is 2.25. The number of aromatic nitrogens is 3. The number of rotatable bonds is 7. The van der Waals surface area contributed by atoms with Crippen molar-refractivity contribution >= 4 is 29.9 Å². The molecule has 0 radical (unpaired) electrons. The number of hydrogen-bond donors (Lipinski definition) is 4. The SMILES string of the molecule is CC(CC(=O)Nc1ccc(-c2n[nH]c(CN)n2)cc1)NC(=O)C1CCCC1.Cl. The summed E-state index contributed by atoms with van der Waals surface area (Å²) < 4.78 is 0. The molecule has 1 aliphatic carbocycles. The number of halogens is 1. The Hall–Kier alpha value is -2.45. The smallest absolute Gasteiger partial charge is 0.226 e. The molecular weight excluding hydrogens is 380 g/mol. The topological polar surface area (TPSA) is 126 Å². The molecule has 0 bridgehead atoms. The summed E-state index contributed by atoms with van der Waals surface area (Å²) in [6.07, 6.45) is 4.37. The van der Waals surface area contributed by atoms with Gasteiger partial charge in [0.1, 0.15) is 5.82 Å². The van der Waals surface area contributed by atoms with Crippen molar-refractivity contribution in [3.63, 3.8) is 0 Å². The second kappa shape index (κ2) is 10.2. The number of benzene rings is 1. The van der Waals surface area contributed by atoms with E-state index in [1.54, 1.807) is 12.1 Å². The molecule has 1 saturated carbocycles. The molecule has 152 valence electrons. The molecule has 2 aromatic rings. The van der Waals surface area contributed by atoms with Crippen molar-refractivity contribution in [2.24, 2.45) is 11.7 Å². The van der Waals surface area contributed by atoms with Crippen LogP contribution in [0.5, 0.6) is 0 Å². The number of nitrogens with zero attached hydrogens (tertiary/aromatic N) is 2. The maximum Gasteiger partial charge on any atom is 0.226 e. The minimum absolute atomic E-state index is 0. The van der Waals surface area contributed by atoms with Gasteiger partial charge in [-0.3, -0.25) is 14.7 Å². The fourth-order valence-corrected chi connectivity index (χ4v) is 3.31. The highest BCUT2D eigenvalue weighted by atomic mass is 35.5. The van der Waals surface area contributed by atoms with Crippen LogP contribution in [0.25, 0.3) is 11.4 Å². The molecule has 1 heterocycles. The van der Waals surface area contributed by atoms with Gasteiger partial charge in [-0.25, -0.2) is 4.98 Å². The van der Waals surface area contributed by atoms with E-state index in [9.17, 15) is 9.59 Å². The van der Waals surface area contributed by atoms with Crippen LogP contribution in [0.3, 0.4) is 0 Å². The summed E-state index contributed by atoms with van der Waals surface area (Å²) in [5.74, 6) is 1.23. The molecule has 0 aliphatic heterocycles. The first-order chi connectivity index (χ1) is 13.0. The van der Waals surface area contributed by atoms with Gasteiger partial charge in [-0.05, 0) is 44.0 Å². The summed E-state index contributed by atoms with van der Waals surface area (Å²) in [6.45, 7) is 2.16. The summed E-state index contributed by atoms with van der Waals surface area (Å²) in [6, 6.07) is 7.08. The van der Waals surface area contributed by atoms with E-state index in [0.29, 0.717) is 23.9 Å². The third-order valence-corrected chi connectivity index (χ3v) is 4.76. The van der Waals surface area contributed by atoms with E-state index in [4.69, 9.17) is 5.73 Å². The lowest BCUT2D eigenvalue weighted by atomic mass is 10.1. The molecular formula is C19H27ClN6O2. The lowest BCUT2D eigenvalue weighted by Crippen LogP contribution is -2.38. The van der Waals surface area contributed by atoms with E-state index in [0.717, 1.165) is 31.2 Å². The molecule has 5 N–H and O–H groups in total. The summed E-state index contributed by atoms with van der Waals surface area (Å²) in [5.41, 5.74) is 7.04. The van der Waals surface area contributed by atoms with Crippen LogP contribution < -0.4 is 16.4 Å². The predicted molar refractivity (Wildman–Crippen MR) is 110 cm³/mol. The second-order valence-electron chi connectivity index (χ2n) is 7.03. The number of carbonyl (C=O) groups excluding carboxylic acids is 2. The zero-order chi connectivity index (χ0) is 19.2. The van der Waals surface area contributed by atoms with Crippen LogP contribution in [0.1, 0.15) is 44.9 Å². The third kappa shape index (κ3) is 5.77. The molecule has 1 atom stereocenters. The molecule has 0 saturated heterocycles. The van der Waals surface area contributed by atoms with Gasteiger partial charge in [-0.15, -0.1) is 12.4 Å². The number of H-pyrrole nitrogens is 1. The van der Waals surface area contributed by atoms with Crippen LogP contribution in [-0.4, -0.2) is 33.0 Å². The van der Waals surface area contributed by atoms with Crippen LogP contribution in [0.15, 0.2) is 24.3 Å². The Kier molecular flexibility index (Phi) is 7.95. The Morgan fingerprint density at radius 1 is 1.25 bits per heavy atom. The predicted octanol–water partition coefficient (Wildman–Crippen LogP) is 2.38. The second-order valence-corrected chi connectivity index (χ2v) is 7.03. The minimum atomic E-state index is -0.194. The van der Waals surface area contributed by atoms with Gasteiger partial charge in [0.05, 0.1) is 6.54 Å². The van der Waals surface area contributed by atoms with Gasteiger partial charge < -0.3 is 16.4 Å². The Balaban J connectivity index is 0.00000280. The number of aromatic amines is 1. The zero-order valence-corrected chi connectivity index (χ0v) is 16.7. The van der Waals surface area contributed by atoms with Gasteiger partial charge >= 0.3 is 0 Å². The lowest BCUT2D eigenvalue weighted by molar-refractivity contribution is -0.125. The number of anilines is 1. The maximum atomic E-state index is 12.2. The van der Waals surface area contributed by atoms with Crippen molar-refractivity contribution in [2.45, 2.75) is 51.6 Å². The van der Waals surface area contributed by atoms with Crippen molar-refractivity contribution in [3.05, 3.63) is 30.1 Å². The molecule has 8 nitrogen and oxygen atoms in total. The standard InChI is InChI=1S/C19H26N6O2.ClH/c1-12(21-19(27)14-4-2-3-5-14)10-17(26)22-15-8-6-13(7-9-15)18-23-16(11-20)24-25-18;/h6-9,12,14H,2-5,10-11,20H2,1H3,(H,21,27)(H,22,26)(H,23,24,25);1H. The highest BCUT2D eigenvalue weighted by molar-refractivity contribution is 5.91. The van der Waals surface area contributed by atoms with Crippen molar-refractivity contribution < 1.29 is 9.59 Å². The van der Waals surface area contributed by atoms with E-state index in [-0.39, 0.29) is 42.6 Å². The molecule has 1 aromatic carbocycles. The molecule has 2 amide bonds. The fraction of sp³-hybridized carbons (Fsp3) is 0.474. The average Bonchev–Trinajstić information content (AvgIpc) is 3.34. The van der Waals surface area contributed by atoms with Gasteiger partial charge in [0.2, 0.25) is 11.8 Å². The summed E-state index contributed by atoms with van der Waals surface area (Å²) >= 11 is 0. The minimum Gasteiger partial charge on any atom is -0.353 e. The van der Waals surface area contributed by atoms with Crippen LogP contribution in [0, 0.1) is 5.92 Å². The third-order valence-electron chi connectivity index (χ3n) is 4.76. The summed E-state index contributed by atoms with van der Waals surface area (Å²) in [5, 5.41) is 12.7. The molecule has 1 aliphatic rings. The van der Waals surface area contributed by atoms with Crippen LogP contribution in [0.2, 0.25) is 0 Å². The van der Waals surface area contributed by atoms with E-state index < -0.39 is 0 Å². The first kappa shape index (κ1) is 21.8. The van der Waals surface area contributed by atoms with Gasteiger partial charge in [0.15, 0.2) is 5.82 Å². The first-order valence-electron chi connectivity index (χ1n) is 9.37. The van der Waals surface area contributed by atoms with Crippen molar-refractivity contribution in [2.75, 3.05) is 5.32 Å². The molecule has 0 spiro atoms. The summed E-state index contributed by atoms with van der Waals surface area (Å²) in [7, 11) is 0. The Morgan fingerprint density at radius 3 is 2.54 bits per heavy atom. The largest absolute Gasteiger partial charge is 0.353 e. The first-order valence-corrected chi connectivity index (χ1v) is 9.37. The molecule has 9 heteroatoms. The molecule has 1 fully saturated rings. The van der Waals surface area contributed by atoms with E-state index >= 15 is 0 Å². The van der Waals surface area contributed by atoms with Crippen molar-refractivity contribution in [3.8, 4) is 11.4 Å². The van der Waals surface area contributed by atoms with E-state index in [1.165, 1.54) is 0 Å². The number of hydrogen-bond acceptors (Lipinski definition) is 5. The zero-order valence-electron chi connectivity index (χ0n) is 15.9. The van der Waals surface area contributed by atoms with Gasteiger partial charge in [0.25, 0.3) is 0 Å². The van der Waals surface area contributed by atoms with Gasteiger partial charge in [0, 0.05) is 29.6 Å². The molecule has 1 aromatic heterocycles. The fourth-order valence-electron chi connectivity index (χ4n) is 3.31. The van der Waals surface area contributed by atoms with Crippen LogP contribution >= 0.6 is 12.4 Å². The molecule has 3 rings (SSSR count). The quantitative estimate of drug-likeness (QED) is 0.561. The van der Waals surface area contributed by atoms with Crippen LogP contribution in [0.4, 0.5) is 5.69 Å². The van der Waals surface area contributed by atoms with Crippen molar-refractivity contribution in [1.29, 1.82) is 0 Å². The van der Waals surface area contributed by atoms with E-state index in [2.05, 4.69) is 25.8 Å². The number of carbonyl (C=O) groups is 2. The Bertz CT molecular complexity index is 786. The van der Waals surface area contributed by atoms with E-state index in [1.807, 2.05) is 19.1 Å². The lowest BCUT2D eigenvalue weighted by Gasteiger charge is -2.16. The highest BCUT2D eigenvalue weighted by Gasteiger charge is 2.24.